The Morgan fingerprint density at radius 1 is 1.23 bits per heavy atom. The van der Waals surface area contributed by atoms with E-state index in [2.05, 4.69) is 9.97 Å². The van der Waals surface area contributed by atoms with Crippen LogP contribution in [0, 0.1) is 12.7 Å². The molecular weight excluding hydrogens is 409 g/mol. The van der Waals surface area contributed by atoms with Crippen molar-refractivity contribution in [1.29, 1.82) is 0 Å². The summed E-state index contributed by atoms with van der Waals surface area (Å²) in [6, 6.07) is 3.78. The number of hydrogen-bond acceptors (Lipinski definition) is 6. The number of anilines is 1. The lowest BCUT2D eigenvalue weighted by Gasteiger charge is -2.20. The number of carbonyl (C=O) groups is 1. The van der Waals surface area contributed by atoms with Gasteiger partial charge in [-0.15, -0.1) is 0 Å². The molecule has 1 aliphatic rings. The normalized spacial score (nSPS) is 17.2. The highest BCUT2D eigenvalue weighted by molar-refractivity contribution is 7.89. The van der Waals surface area contributed by atoms with Crippen LogP contribution in [-0.4, -0.2) is 74.8 Å². The van der Waals surface area contributed by atoms with E-state index in [1.807, 2.05) is 0 Å². The molecule has 1 amide bonds. The maximum absolute atomic E-state index is 13.6. The lowest BCUT2D eigenvalue weighted by Crippen LogP contribution is -2.30. The number of benzene rings is 1. The molecule has 1 aromatic carbocycles. The van der Waals surface area contributed by atoms with Crippen LogP contribution in [0.3, 0.4) is 0 Å². The molecule has 1 atom stereocenters. The second-order valence-electron chi connectivity index (χ2n) is 7.82. The second kappa shape index (κ2) is 8.27. The second-order valence-corrected chi connectivity index (χ2v) is 9.76. The zero-order valence-electron chi connectivity index (χ0n) is 17.8. The number of nitrogens with zero attached hydrogens (tertiary/aromatic N) is 5. The van der Waals surface area contributed by atoms with Gasteiger partial charge in [-0.05, 0) is 37.1 Å². The smallest absolute Gasteiger partial charge is 0.256 e. The molecule has 162 valence electrons. The third kappa shape index (κ3) is 4.15. The monoisotopic (exact) mass is 435 g/mol. The van der Waals surface area contributed by atoms with Crippen molar-refractivity contribution in [3.05, 3.63) is 47.0 Å². The molecular formula is C20H26FN5O3S. The van der Waals surface area contributed by atoms with Gasteiger partial charge in [0.15, 0.2) is 0 Å². The van der Waals surface area contributed by atoms with Gasteiger partial charge in [-0.2, -0.15) is 4.31 Å². The van der Waals surface area contributed by atoms with Crippen LogP contribution >= 0.6 is 0 Å². The van der Waals surface area contributed by atoms with E-state index in [9.17, 15) is 17.6 Å². The molecule has 10 heteroatoms. The molecule has 0 radical (unpaired) electrons. The van der Waals surface area contributed by atoms with Gasteiger partial charge in [-0.3, -0.25) is 4.79 Å². The Morgan fingerprint density at radius 2 is 1.93 bits per heavy atom. The van der Waals surface area contributed by atoms with Gasteiger partial charge in [-0.1, -0.05) is 0 Å². The van der Waals surface area contributed by atoms with Crippen molar-refractivity contribution in [3.63, 3.8) is 0 Å². The molecule has 1 saturated heterocycles. The summed E-state index contributed by atoms with van der Waals surface area (Å²) in [6.07, 6.45) is 2.03. The van der Waals surface area contributed by atoms with E-state index >= 15 is 0 Å². The minimum atomic E-state index is -3.78. The van der Waals surface area contributed by atoms with E-state index in [4.69, 9.17) is 0 Å². The van der Waals surface area contributed by atoms with Crippen LogP contribution in [0.4, 0.5) is 10.3 Å². The van der Waals surface area contributed by atoms with Crippen LogP contribution in [0.15, 0.2) is 29.3 Å². The molecule has 3 rings (SSSR count). The van der Waals surface area contributed by atoms with Crippen LogP contribution in [0.1, 0.15) is 34.0 Å². The van der Waals surface area contributed by atoms with Crippen molar-refractivity contribution in [2.45, 2.75) is 24.2 Å². The van der Waals surface area contributed by atoms with Crippen LogP contribution in [0.5, 0.6) is 0 Å². The number of aryl methyl sites for hydroxylation is 1. The third-order valence-corrected chi connectivity index (χ3v) is 7.01. The number of rotatable bonds is 5. The summed E-state index contributed by atoms with van der Waals surface area (Å²) in [4.78, 5) is 24.7. The van der Waals surface area contributed by atoms with Gasteiger partial charge in [0.25, 0.3) is 5.91 Å². The average molecular weight is 436 g/mol. The number of hydrogen-bond donors (Lipinski definition) is 0. The molecule has 2 aromatic rings. The SMILES string of the molecule is Cc1cc(S(=O)(=O)N2CCC(c3nc(N(C)C)ncc3C(=O)N(C)C)C2)ccc1F. The summed E-state index contributed by atoms with van der Waals surface area (Å²) in [5, 5.41) is 0. The highest BCUT2D eigenvalue weighted by atomic mass is 32.2. The van der Waals surface area contributed by atoms with Gasteiger partial charge >= 0.3 is 0 Å². The minimum absolute atomic E-state index is 0.0586. The number of amides is 1. The number of carbonyl (C=O) groups excluding carboxylic acids is 1. The van der Waals surface area contributed by atoms with E-state index in [0.717, 1.165) is 6.07 Å². The summed E-state index contributed by atoms with van der Waals surface area (Å²) in [6.45, 7) is 2.01. The third-order valence-electron chi connectivity index (χ3n) is 5.15. The zero-order chi connectivity index (χ0) is 22.2. The predicted octanol–water partition coefficient (Wildman–Crippen LogP) is 1.87. The molecule has 1 aromatic heterocycles. The first kappa shape index (κ1) is 22.1. The summed E-state index contributed by atoms with van der Waals surface area (Å²) < 4.78 is 41.1. The maximum atomic E-state index is 13.6. The van der Waals surface area contributed by atoms with Crippen molar-refractivity contribution < 1.29 is 17.6 Å². The van der Waals surface area contributed by atoms with E-state index < -0.39 is 15.8 Å². The number of sulfonamides is 1. The van der Waals surface area contributed by atoms with Gasteiger partial charge in [0.05, 0.1) is 16.2 Å². The van der Waals surface area contributed by atoms with Crippen molar-refractivity contribution >= 4 is 21.9 Å². The Bertz CT molecular complexity index is 1070. The molecule has 1 aliphatic heterocycles. The van der Waals surface area contributed by atoms with Crippen LogP contribution in [-0.2, 0) is 10.0 Å². The fourth-order valence-corrected chi connectivity index (χ4v) is 5.00. The van der Waals surface area contributed by atoms with Crippen molar-refractivity contribution in [3.8, 4) is 0 Å². The standard InChI is InChI=1S/C20H26FN5O3S/c1-13-10-15(6-7-17(13)21)30(28,29)26-9-8-14(12-26)18-16(19(27)24(2)3)11-22-20(23-18)25(4)5/h6-7,10-11,14H,8-9,12H2,1-5H3. The Balaban J connectivity index is 1.94. The Kier molecular flexibility index (Phi) is 6.09. The van der Waals surface area contributed by atoms with Crippen LogP contribution in [0.2, 0.25) is 0 Å². The van der Waals surface area contributed by atoms with E-state index in [-0.39, 0.29) is 28.8 Å². The van der Waals surface area contributed by atoms with Crippen molar-refractivity contribution in [1.82, 2.24) is 19.2 Å². The van der Waals surface area contributed by atoms with E-state index in [1.165, 1.54) is 34.5 Å². The maximum Gasteiger partial charge on any atom is 0.256 e. The zero-order valence-corrected chi connectivity index (χ0v) is 18.6. The van der Waals surface area contributed by atoms with E-state index in [1.54, 1.807) is 33.1 Å². The molecule has 1 unspecified atom stereocenters. The first-order valence-corrected chi connectivity index (χ1v) is 11.0. The van der Waals surface area contributed by atoms with Gasteiger partial charge in [-0.25, -0.2) is 22.8 Å². The summed E-state index contributed by atoms with van der Waals surface area (Å²) >= 11 is 0. The van der Waals surface area contributed by atoms with E-state index in [0.29, 0.717) is 30.2 Å². The lowest BCUT2D eigenvalue weighted by molar-refractivity contribution is 0.0825. The highest BCUT2D eigenvalue weighted by Gasteiger charge is 2.36. The van der Waals surface area contributed by atoms with Crippen LogP contribution < -0.4 is 4.90 Å². The van der Waals surface area contributed by atoms with Gasteiger partial charge < -0.3 is 9.80 Å². The predicted molar refractivity (Wildman–Crippen MR) is 112 cm³/mol. The van der Waals surface area contributed by atoms with Gasteiger partial charge in [0, 0.05) is 53.4 Å². The first-order valence-electron chi connectivity index (χ1n) is 9.54. The lowest BCUT2D eigenvalue weighted by atomic mass is 9.99. The fraction of sp³-hybridized carbons (Fsp3) is 0.450. The molecule has 0 saturated carbocycles. The molecule has 1 fully saturated rings. The average Bonchev–Trinajstić information content (AvgIpc) is 3.19. The quantitative estimate of drug-likeness (QED) is 0.713. The Hall–Kier alpha value is -2.59. The molecule has 8 nitrogen and oxygen atoms in total. The fourth-order valence-electron chi connectivity index (χ4n) is 3.41. The summed E-state index contributed by atoms with van der Waals surface area (Å²) in [5.74, 6) is -0.472. The Morgan fingerprint density at radius 3 is 2.53 bits per heavy atom. The van der Waals surface area contributed by atoms with Crippen molar-refractivity contribution in [2.75, 3.05) is 46.2 Å². The minimum Gasteiger partial charge on any atom is -0.347 e. The topological polar surface area (TPSA) is 86.7 Å². The molecule has 0 spiro atoms. The molecule has 30 heavy (non-hydrogen) atoms. The van der Waals surface area contributed by atoms with Gasteiger partial charge in [0.2, 0.25) is 16.0 Å². The number of aromatic nitrogens is 2. The largest absolute Gasteiger partial charge is 0.347 e. The summed E-state index contributed by atoms with van der Waals surface area (Å²) in [7, 11) is 3.12. The molecule has 0 N–H and O–H groups in total. The molecule has 0 bridgehead atoms. The highest BCUT2D eigenvalue weighted by Crippen LogP contribution is 2.33. The number of halogens is 1. The summed E-state index contributed by atoms with van der Waals surface area (Å²) in [5.41, 5.74) is 1.19. The Labute approximate surface area is 176 Å². The van der Waals surface area contributed by atoms with Crippen molar-refractivity contribution in [2.24, 2.45) is 0 Å². The first-order chi connectivity index (χ1) is 14.0. The van der Waals surface area contributed by atoms with Crippen LogP contribution in [0.25, 0.3) is 0 Å². The molecule has 0 aliphatic carbocycles. The van der Waals surface area contributed by atoms with Gasteiger partial charge in [0.1, 0.15) is 5.82 Å². The molecule has 2 heterocycles.